The molecule has 2 nitrogen and oxygen atoms in total. The second-order valence-corrected chi connectivity index (χ2v) is 4.52. The molecule has 2 aliphatic heterocycles. The topological polar surface area (TPSA) is 21.3 Å². The minimum Gasteiger partial charge on any atom is -0.381 e. The summed E-state index contributed by atoms with van der Waals surface area (Å²) in [5.41, 5.74) is 0. The second kappa shape index (κ2) is 4.97. The van der Waals surface area contributed by atoms with E-state index in [9.17, 15) is 0 Å². The number of piperidine rings is 1. The largest absolute Gasteiger partial charge is 0.381 e. The van der Waals surface area contributed by atoms with Gasteiger partial charge in [-0.25, -0.2) is 0 Å². The molecule has 0 aromatic carbocycles. The lowest BCUT2D eigenvalue weighted by atomic mass is 9.90. The van der Waals surface area contributed by atoms with Gasteiger partial charge < -0.3 is 10.1 Å². The van der Waals surface area contributed by atoms with E-state index in [1.54, 1.807) is 0 Å². The van der Waals surface area contributed by atoms with Crippen molar-refractivity contribution in [2.24, 2.45) is 11.8 Å². The van der Waals surface area contributed by atoms with Crippen LogP contribution in [-0.2, 0) is 4.74 Å². The molecule has 0 radical (unpaired) electrons. The molecule has 1 N–H and O–H groups in total. The van der Waals surface area contributed by atoms with Crippen LogP contribution in [0.4, 0.5) is 0 Å². The van der Waals surface area contributed by atoms with Crippen molar-refractivity contribution in [1.29, 1.82) is 0 Å². The second-order valence-electron chi connectivity index (χ2n) is 4.52. The molecular formula is C11H21NO. The average molecular weight is 183 g/mol. The van der Waals surface area contributed by atoms with Crippen molar-refractivity contribution in [2.75, 3.05) is 26.3 Å². The van der Waals surface area contributed by atoms with E-state index in [0.29, 0.717) is 0 Å². The zero-order chi connectivity index (χ0) is 8.93. The normalized spacial score (nSPS) is 35.1. The summed E-state index contributed by atoms with van der Waals surface area (Å²) in [6.45, 7) is 4.53. The van der Waals surface area contributed by atoms with Gasteiger partial charge in [0.25, 0.3) is 0 Å². The first-order valence-corrected chi connectivity index (χ1v) is 5.73. The average Bonchev–Trinajstić information content (AvgIpc) is 2.69. The fraction of sp³-hybridized carbons (Fsp3) is 1.00. The predicted molar refractivity (Wildman–Crippen MR) is 53.8 cm³/mol. The smallest absolute Gasteiger partial charge is 0.0495 e. The fourth-order valence-corrected chi connectivity index (χ4v) is 2.45. The summed E-state index contributed by atoms with van der Waals surface area (Å²) in [4.78, 5) is 0. The van der Waals surface area contributed by atoms with Gasteiger partial charge in [-0.3, -0.25) is 0 Å². The molecule has 0 amide bonds. The predicted octanol–water partition coefficient (Wildman–Crippen LogP) is 1.80. The quantitative estimate of drug-likeness (QED) is 0.720. The molecule has 2 heteroatoms. The summed E-state index contributed by atoms with van der Waals surface area (Å²) in [6.07, 6.45) is 6.94. The summed E-state index contributed by atoms with van der Waals surface area (Å²) in [5.74, 6) is 1.83. The maximum absolute atomic E-state index is 5.38. The Morgan fingerprint density at radius 2 is 2.08 bits per heavy atom. The molecule has 2 rings (SSSR count). The SMILES string of the molecule is C1CNCC(CCC2CCOC2)C1. The van der Waals surface area contributed by atoms with Crippen LogP contribution < -0.4 is 5.32 Å². The van der Waals surface area contributed by atoms with Crippen LogP contribution in [0, 0.1) is 11.8 Å². The Labute approximate surface area is 81.0 Å². The number of hydrogen-bond donors (Lipinski definition) is 1. The molecular weight excluding hydrogens is 162 g/mol. The first kappa shape index (κ1) is 9.47. The molecule has 0 aromatic rings. The van der Waals surface area contributed by atoms with Gasteiger partial charge in [-0.05, 0) is 57.0 Å². The molecule has 0 saturated carbocycles. The Hall–Kier alpha value is -0.0800. The van der Waals surface area contributed by atoms with Crippen molar-refractivity contribution in [3.8, 4) is 0 Å². The molecule has 2 atom stereocenters. The van der Waals surface area contributed by atoms with Crippen molar-refractivity contribution in [3.63, 3.8) is 0 Å². The van der Waals surface area contributed by atoms with Gasteiger partial charge >= 0.3 is 0 Å². The minimum atomic E-state index is 0.877. The van der Waals surface area contributed by atoms with Crippen LogP contribution >= 0.6 is 0 Å². The van der Waals surface area contributed by atoms with Crippen molar-refractivity contribution in [1.82, 2.24) is 5.32 Å². The van der Waals surface area contributed by atoms with Gasteiger partial charge in [-0.2, -0.15) is 0 Å². The van der Waals surface area contributed by atoms with Crippen LogP contribution in [0.15, 0.2) is 0 Å². The van der Waals surface area contributed by atoms with Gasteiger partial charge in [0.05, 0.1) is 0 Å². The molecule has 2 heterocycles. The van der Waals surface area contributed by atoms with E-state index in [2.05, 4.69) is 5.32 Å². The van der Waals surface area contributed by atoms with Crippen LogP contribution in [-0.4, -0.2) is 26.3 Å². The van der Waals surface area contributed by atoms with Gasteiger partial charge in [0, 0.05) is 13.2 Å². The van der Waals surface area contributed by atoms with Gasteiger partial charge in [0.15, 0.2) is 0 Å². The Bertz CT molecular complexity index is 137. The van der Waals surface area contributed by atoms with E-state index >= 15 is 0 Å². The molecule has 0 aromatic heterocycles. The first-order chi connectivity index (χ1) is 6.45. The Morgan fingerprint density at radius 1 is 1.15 bits per heavy atom. The van der Waals surface area contributed by atoms with Gasteiger partial charge in [-0.1, -0.05) is 0 Å². The number of rotatable bonds is 3. The number of hydrogen-bond acceptors (Lipinski definition) is 2. The van der Waals surface area contributed by atoms with E-state index in [-0.39, 0.29) is 0 Å². The van der Waals surface area contributed by atoms with E-state index in [0.717, 1.165) is 25.0 Å². The molecule has 13 heavy (non-hydrogen) atoms. The van der Waals surface area contributed by atoms with Gasteiger partial charge in [0.2, 0.25) is 0 Å². The third-order valence-corrected chi connectivity index (χ3v) is 3.41. The number of nitrogens with one attached hydrogen (secondary N) is 1. The lowest BCUT2D eigenvalue weighted by Crippen LogP contribution is -2.29. The third-order valence-electron chi connectivity index (χ3n) is 3.41. The molecule has 0 bridgehead atoms. The highest BCUT2D eigenvalue weighted by Crippen LogP contribution is 2.23. The Balaban J connectivity index is 1.60. The van der Waals surface area contributed by atoms with Crippen LogP contribution in [0.1, 0.15) is 32.1 Å². The molecule has 76 valence electrons. The summed E-state index contributed by atoms with van der Waals surface area (Å²) in [7, 11) is 0. The first-order valence-electron chi connectivity index (χ1n) is 5.73. The van der Waals surface area contributed by atoms with Gasteiger partial charge in [-0.15, -0.1) is 0 Å². The van der Waals surface area contributed by atoms with E-state index in [4.69, 9.17) is 4.74 Å². The Kier molecular flexibility index (Phi) is 3.62. The summed E-state index contributed by atoms with van der Waals surface area (Å²) < 4.78 is 5.38. The molecule has 2 aliphatic rings. The zero-order valence-electron chi connectivity index (χ0n) is 8.43. The van der Waals surface area contributed by atoms with Crippen LogP contribution in [0.5, 0.6) is 0 Å². The van der Waals surface area contributed by atoms with Crippen molar-refractivity contribution < 1.29 is 4.74 Å². The molecule has 2 saturated heterocycles. The highest BCUT2D eigenvalue weighted by atomic mass is 16.5. The third kappa shape index (κ3) is 2.96. The van der Waals surface area contributed by atoms with E-state index in [1.807, 2.05) is 0 Å². The van der Waals surface area contributed by atoms with Gasteiger partial charge in [0.1, 0.15) is 0 Å². The van der Waals surface area contributed by atoms with Crippen LogP contribution in [0.25, 0.3) is 0 Å². The van der Waals surface area contributed by atoms with Crippen LogP contribution in [0.2, 0.25) is 0 Å². The van der Waals surface area contributed by atoms with Crippen molar-refractivity contribution in [3.05, 3.63) is 0 Å². The van der Waals surface area contributed by atoms with Crippen molar-refractivity contribution >= 4 is 0 Å². The van der Waals surface area contributed by atoms with E-state index < -0.39 is 0 Å². The van der Waals surface area contributed by atoms with E-state index in [1.165, 1.54) is 45.2 Å². The fourth-order valence-electron chi connectivity index (χ4n) is 2.45. The zero-order valence-corrected chi connectivity index (χ0v) is 8.43. The molecule has 2 fully saturated rings. The lowest BCUT2D eigenvalue weighted by Gasteiger charge is -2.23. The van der Waals surface area contributed by atoms with Crippen LogP contribution in [0.3, 0.4) is 0 Å². The molecule has 0 spiro atoms. The summed E-state index contributed by atoms with van der Waals surface area (Å²) in [5, 5.41) is 3.48. The maximum atomic E-state index is 5.38. The molecule has 0 aliphatic carbocycles. The minimum absolute atomic E-state index is 0.877. The highest BCUT2D eigenvalue weighted by molar-refractivity contribution is 4.72. The van der Waals surface area contributed by atoms with Crippen molar-refractivity contribution in [2.45, 2.75) is 32.1 Å². The standard InChI is InChI=1S/C11H21NO/c1-2-10(8-12-6-1)3-4-11-5-7-13-9-11/h10-12H,1-9H2. The maximum Gasteiger partial charge on any atom is 0.0495 e. The summed E-state index contributed by atoms with van der Waals surface area (Å²) >= 11 is 0. The number of ether oxygens (including phenoxy) is 1. The lowest BCUT2D eigenvalue weighted by molar-refractivity contribution is 0.181. The molecule has 2 unspecified atom stereocenters. The summed E-state index contributed by atoms with van der Waals surface area (Å²) in [6, 6.07) is 0. The Morgan fingerprint density at radius 3 is 2.77 bits per heavy atom. The monoisotopic (exact) mass is 183 g/mol. The highest BCUT2D eigenvalue weighted by Gasteiger charge is 2.18.